The second kappa shape index (κ2) is 7.84. The molecule has 0 spiro atoms. The fourth-order valence-corrected chi connectivity index (χ4v) is 5.52. The first kappa shape index (κ1) is 18.2. The van der Waals surface area contributed by atoms with Crippen molar-refractivity contribution in [2.24, 2.45) is 0 Å². The van der Waals surface area contributed by atoms with Gasteiger partial charge in [-0.1, -0.05) is 36.8 Å². The van der Waals surface area contributed by atoms with E-state index in [2.05, 4.69) is 28.5 Å². The normalized spacial score (nSPS) is 16.0. The van der Waals surface area contributed by atoms with E-state index in [1.165, 1.54) is 10.9 Å². The highest BCUT2D eigenvalue weighted by atomic mass is 32.2. The van der Waals surface area contributed by atoms with Gasteiger partial charge in [0.2, 0.25) is 10.0 Å². The van der Waals surface area contributed by atoms with E-state index < -0.39 is 10.0 Å². The molecule has 3 aromatic rings. The van der Waals surface area contributed by atoms with Gasteiger partial charge in [0.15, 0.2) is 0 Å². The van der Waals surface area contributed by atoms with Gasteiger partial charge in [-0.2, -0.15) is 4.31 Å². The number of aromatic amines is 1. The van der Waals surface area contributed by atoms with Crippen LogP contribution < -0.4 is 5.32 Å². The van der Waals surface area contributed by atoms with Crippen LogP contribution in [0.4, 0.5) is 0 Å². The molecule has 1 aliphatic rings. The van der Waals surface area contributed by atoms with Gasteiger partial charge in [0.25, 0.3) is 0 Å². The highest BCUT2D eigenvalue weighted by molar-refractivity contribution is 7.89. The first-order valence-electron chi connectivity index (χ1n) is 9.50. The van der Waals surface area contributed by atoms with Crippen LogP contribution in [0.25, 0.3) is 10.9 Å². The maximum atomic E-state index is 13.1. The third-order valence-corrected chi connectivity index (χ3v) is 7.22. The number of piperidine rings is 1. The van der Waals surface area contributed by atoms with E-state index in [1.54, 1.807) is 16.4 Å². The van der Waals surface area contributed by atoms with Crippen LogP contribution in [0.1, 0.15) is 30.4 Å². The molecule has 4 rings (SSSR count). The maximum Gasteiger partial charge on any atom is 0.243 e. The number of nitrogens with zero attached hydrogens (tertiary/aromatic N) is 1. The first-order valence-corrected chi connectivity index (χ1v) is 10.9. The summed E-state index contributed by atoms with van der Waals surface area (Å²) in [5.74, 6) is 0. The third kappa shape index (κ3) is 3.78. The molecule has 5 nitrogen and oxygen atoms in total. The van der Waals surface area contributed by atoms with Gasteiger partial charge in [-0.25, -0.2) is 8.42 Å². The zero-order valence-electron chi connectivity index (χ0n) is 15.3. The molecule has 27 heavy (non-hydrogen) atoms. The number of nitrogens with one attached hydrogen (secondary N) is 2. The van der Waals surface area contributed by atoms with Gasteiger partial charge in [0.1, 0.15) is 0 Å². The van der Waals surface area contributed by atoms with Gasteiger partial charge < -0.3 is 10.3 Å². The van der Waals surface area contributed by atoms with Crippen molar-refractivity contribution in [2.75, 3.05) is 13.1 Å². The fraction of sp³-hybridized carbons (Fsp3) is 0.333. The average molecular weight is 384 g/mol. The Morgan fingerprint density at radius 1 is 0.889 bits per heavy atom. The Kier molecular flexibility index (Phi) is 5.29. The molecule has 142 valence electrons. The van der Waals surface area contributed by atoms with Crippen molar-refractivity contribution in [2.45, 2.75) is 37.2 Å². The lowest BCUT2D eigenvalue weighted by molar-refractivity contribution is 0.346. The molecular weight excluding hydrogens is 358 g/mol. The average Bonchev–Trinajstić information content (AvgIpc) is 3.19. The van der Waals surface area contributed by atoms with Gasteiger partial charge in [0, 0.05) is 43.3 Å². The molecule has 6 heteroatoms. The van der Waals surface area contributed by atoms with Gasteiger partial charge in [0.05, 0.1) is 4.90 Å². The molecule has 2 aromatic carbocycles. The number of rotatable bonds is 6. The number of benzene rings is 2. The monoisotopic (exact) mass is 383 g/mol. The lowest BCUT2D eigenvalue weighted by atomic mass is 10.1. The number of sulfonamides is 1. The molecule has 0 saturated carbocycles. The van der Waals surface area contributed by atoms with Crippen molar-refractivity contribution in [1.29, 1.82) is 0 Å². The number of fused-ring (bicyclic) bond motifs is 1. The second-order valence-corrected chi connectivity index (χ2v) is 8.94. The molecule has 0 atom stereocenters. The minimum absolute atomic E-state index is 0.430. The smallest absolute Gasteiger partial charge is 0.243 e. The van der Waals surface area contributed by atoms with Crippen LogP contribution in [-0.4, -0.2) is 30.8 Å². The van der Waals surface area contributed by atoms with E-state index in [-0.39, 0.29) is 0 Å². The summed E-state index contributed by atoms with van der Waals surface area (Å²) in [5.41, 5.74) is 3.14. The molecule has 0 radical (unpaired) electrons. The van der Waals surface area contributed by atoms with Gasteiger partial charge >= 0.3 is 0 Å². The van der Waals surface area contributed by atoms with Crippen LogP contribution in [-0.2, 0) is 23.1 Å². The van der Waals surface area contributed by atoms with Crippen LogP contribution in [0, 0.1) is 0 Å². The topological polar surface area (TPSA) is 65.2 Å². The van der Waals surface area contributed by atoms with Crippen molar-refractivity contribution in [3.63, 3.8) is 0 Å². The Bertz CT molecular complexity index is 1020. The summed E-state index contributed by atoms with van der Waals surface area (Å²) in [5, 5.41) is 4.61. The highest BCUT2D eigenvalue weighted by Crippen LogP contribution is 2.24. The molecule has 2 N–H and O–H groups in total. The summed E-state index contributed by atoms with van der Waals surface area (Å²) in [6.45, 7) is 2.45. The molecule has 0 aliphatic carbocycles. The lowest BCUT2D eigenvalue weighted by Gasteiger charge is -2.26. The molecule has 0 bridgehead atoms. The zero-order valence-corrected chi connectivity index (χ0v) is 16.1. The Balaban J connectivity index is 1.51. The van der Waals surface area contributed by atoms with Crippen molar-refractivity contribution >= 4 is 20.9 Å². The van der Waals surface area contributed by atoms with E-state index >= 15 is 0 Å². The third-order valence-electron chi connectivity index (χ3n) is 5.22. The van der Waals surface area contributed by atoms with Crippen molar-refractivity contribution in [1.82, 2.24) is 14.6 Å². The quantitative estimate of drug-likeness (QED) is 0.683. The molecule has 1 fully saturated rings. The first-order chi connectivity index (χ1) is 13.2. The van der Waals surface area contributed by atoms with Crippen LogP contribution in [0.2, 0.25) is 0 Å². The van der Waals surface area contributed by atoms with E-state index in [9.17, 15) is 8.42 Å². The lowest BCUT2D eigenvalue weighted by Crippen LogP contribution is -2.36. The highest BCUT2D eigenvalue weighted by Gasteiger charge is 2.27. The predicted octanol–water partition coefficient (Wildman–Crippen LogP) is 3.63. The molecule has 1 saturated heterocycles. The van der Waals surface area contributed by atoms with Crippen LogP contribution in [0.5, 0.6) is 0 Å². The summed E-state index contributed by atoms with van der Waals surface area (Å²) < 4.78 is 27.8. The number of hydrogen-bond donors (Lipinski definition) is 2. The summed E-state index contributed by atoms with van der Waals surface area (Å²) in [6, 6.07) is 15.6. The summed E-state index contributed by atoms with van der Waals surface area (Å²) in [7, 11) is -3.43. The number of hydrogen-bond acceptors (Lipinski definition) is 3. The van der Waals surface area contributed by atoms with Gasteiger partial charge in [-0.15, -0.1) is 0 Å². The minimum Gasteiger partial charge on any atom is -0.361 e. The molecule has 0 amide bonds. The molecule has 1 aromatic heterocycles. The Morgan fingerprint density at radius 2 is 1.63 bits per heavy atom. The second-order valence-electron chi connectivity index (χ2n) is 7.03. The van der Waals surface area contributed by atoms with Crippen LogP contribution in [0.15, 0.2) is 59.6 Å². The maximum absolute atomic E-state index is 13.1. The SMILES string of the molecule is O=S(=O)(c1ccccc1CNCc1cccc2[nH]ccc12)N1CCCCC1. The van der Waals surface area contributed by atoms with Crippen molar-refractivity contribution in [3.8, 4) is 0 Å². The van der Waals surface area contributed by atoms with E-state index in [0.717, 1.165) is 30.3 Å². The summed E-state index contributed by atoms with van der Waals surface area (Å²) in [4.78, 5) is 3.65. The molecule has 0 unspecified atom stereocenters. The van der Waals surface area contributed by atoms with E-state index in [0.29, 0.717) is 31.1 Å². The molecular formula is C21H25N3O2S. The summed E-state index contributed by atoms with van der Waals surface area (Å²) in [6.07, 6.45) is 4.94. The van der Waals surface area contributed by atoms with Crippen LogP contribution in [0.3, 0.4) is 0 Å². The summed E-state index contributed by atoms with van der Waals surface area (Å²) >= 11 is 0. The largest absolute Gasteiger partial charge is 0.361 e. The van der Waals surface area contributed by atoms with E-state index in [4.69, 9.17) is 0 Å². The van der Waals surface area contributed by atoms with Crippen LogP contribution >= 0.6 is 0 Å². The predicted molar refractivity (Wildman–Crippen MR) is 108 cm³/mol. The van der Waals surface area contributed by atoms with Gasteiger partial charge in [-0.05, 0) is 42.2 Å². The zero-order chi connectivity index (χ0) is 18.7. The number of aromatic nitrogens is 1. The molecule has 2 heterocycles. The fourth-order valence-electron chi connectivity index (χ4n) is 3.78. The standard InChI is InChI=1S/C21H25N3O2S/c25-27(26,24-13-4-1-5-14-24)21-10-3-2-7-18(21)16-22-15-17-8-6-9-20-19(17)11-12-23-20/h2-3,6-12,22-23H,1,4-5,13-16H2. The minimum atomic E-state index is -3.43. The number of H-pyrrole nitrogens is 1. The Morgan fingerprint density at radius 3 is 2.48 bits per heavy atom. The van der Waals surface area contributed by atoms with Gasteiger partial charge in [-0.3, -0.25) is 0 Å². The Labute approximate surface area is 160 Å². The van der Waals surface area contributed by atoms with E-state index in [1.807, 2.05) is 24.4 Å². The van der Waals surface area contributed by atoms with Crippen molar-refractivity contribution in [3.05, 3.63) is 65.9 Å². The molecule has 1 aliphatic heterocycles. The Hall–Kier alpha value is -2.15. The van der Waals surface area contributed by atoms with Crippen molar-refractivity contribution < 1.29 is 8.42 Å².